The van der Waals surface area contributed by atoms with Crippen molar-refractivity contribution < 1.29 is 4.79 Å². The van der Waals surface area contributed by atoms with Crippen molar-refractivity contribution in [3.8, 4) is 28.8 Å². The van der Waals surface area contributed by atoms with Gasteiger partial charge in [-0.1, -0.05) is 58.8 Å². The highest BCUT2D eigenvalue weighted by Gasteiger charge is 2.27. The molecule has 0 saturated carbocycles. The van der Waals surface area contributed by atoms with Crippen LogP contribution in [0, 0.1) is 11.8 Å². The second-order valence-corrected chi connectivity index (χ2v) is 10.1. The summed E-state index contributed by atoms with van der Waals surface area (Å²) in [5.41, 5.74) is 2.14. The van der Waals surface area contributed by atoms with Crippen molar-refractivity contribution in [1.82, 2.24) is 24.6 Å². The van der Waals surface area contributed by atoms with Crippen molar-refractivity contribution in [2.75, 3.05) is 0 Å². The van der Waals surface area contributed by atoms with E-state index in [-0.39, 0.29) is 11.6 Å². The lowest BCUT2D eigenvalue weighted by molar-refractivity contribution is 0.0913. The molecule has 0 saturated heterocycles. The fourth-order valence-corrected chi connectivity index (χ4v) is 4.01. The number of nitrogens with zero attached hydrogens (tertiary/aromatic N) is 4. The number of carbonyl (C=O) groups excluding carboxylic acids is 1. The first-order valence-corrected chi connectivity index (χ1v) is 11.9. The van der Waals surface area contributed by atoms with Gasteiger partial charge in [-0.2, -0.15) is 5.10 Å². The van der Waals surface area contributed by atoms with E-state index < -0.39 is 5.54 Å². The third-order valence-corrected chi connectivity index (χ3v) is 5.67. The Hall–Kier alpha value is -3.24. The van der Waals surface area contributed by atoms with Gasteiger partial charge in [-0.25, -0.2) is 9.67 Å². The first kappa shape index (κ1) is 24.9. The van der Waals surface area contributed by atoms with Crippen LogP contribution in [0.2, 0.25) is 15.1 Å². The van der Waals surface area contributed by atoms with E-state index in [4.69, 9.17) is 39.9 Å². The Balaban J connectivity index is 1.97. The Morgan fingerprint density at radius 1 is 1.06 bits per heavy atom. The quantitative estimate of drug-likeness (QED) is 0.319. The lowest BCUT2D eigenvalue weighted by Crippen LogP contribution is -2.41. The van der Waals surface area contributed by atoms with E-state index in [1.165, 1.54) is 0 Å². The second-order valence-electron chi connectivity index (χ2n) is 8.83. The zero-order valence-electron chi connectivity index (χ0n) is 19.3. The van der Waals surface area contributed by atoms with Crippen molar-refractivity contribution in [3.05, 3.63) is 87.5 Å². The molecule has 0 radical (unpaired) electrons. The average Bonchev–Trinajstić information content (AvgIpc) is 3.42. The Bertz CT molecular complexity index is 1420. The molecule has 0 aliphatic rings. The molecule has 9 heteroatoms. The molecule has 2 heterocycles. The molecule has 6 nitrogen and oxygen atoms in total. The smallest absolute Gasteiger partial charge is 0.273 e. The number of aromatic nitrogens is 4. The first-order chi connectivity index (χ1) is 16.6. The van der Waals surface area contributed by atoms with Crippen LogP contribution in [0.15, 0.2) is 61.2 Å². The van der Waals surface area contributed by atoms with Gasteiger partial charge < -0.3 is 9.88 Å². The van der Waals surface area contributed by atoms with Crippen LogP contribution in [-0.4, -0.2) is 30.8 Å². The number of benzene rings is 2. The number of nitrogens with one attached hydrogen (secondary N) is 1. The van der Waals surface area contributed by atoms with Crippen molar-refractivity contribution in [1.29, 1.82) is 0 Å². The summed E-state index contributed by atoms with van der Waals surface area (Å²) < 4.78 is 3.46. The minimum absolute atomic E-state index is 0.189. The minimum Gasteiger partial charge on any atom is -0.346 e. The first-order valence-electron chi connectivity index (χ1n) is 10.7. The molecule has 0 bridgehead atoms. The van der Waals surface area contributed by atoms with Gasteiger partial charge in [0.15, 0.2) is 5.69 Å². The average molecular weight is 527 g/mol. The number of hydrogen-bond donors (Lipinski definition) is 1. The van der Waals surface area contributed by atoms with E-state index in [9.17, 15) is 4.79 Å². The van der Waals surface area contributed by atoms with Gasteiger partial charge in [-0.15, -0.1) is 0 Å². The highest BCUT2D eigenvalue weighted by molar-refractivity contribution is 6.35. The molecule has 0 aliphatic heterocycles. The van der Waals surface area contributed by atoms with E-state index in [0.29, 0.717) is 38.6 Å². The minimum atomic E-state index is -0.472. The van der Waals surface area contributed by atoms with E-state index in [1.54, 1.807) is 47.5 Å². The van der Waals surface area contributed by atoms with E-state index >= 15 is 0 Å². The van der Waals surface area contributed by atoms with Crippen LogP contribution < -0.4 is 5.32 Å². The number of halogens is 3. The van der Waals surface area contributed by atoms with Gasteiger partial charge in [-0.3, -0.25) is 4.79 Å². The third-order valence-electron chi connectivity index (χ3n) is 4.88. The van der Waals surface area contributed by atoms with Crippen LogP contribution in [0.3, 0.4) is 0 Å². The second kappa shape index (κ2) is 10.2. The number of hydrogen-bond acceptors (Lipinski definition) is 3. The van der Waals surface area contributed by atoms with Crippen molar-refractivity contribution in [3.63, 3.8) is 0 Å². The van der Waals surface area contributed by atoms with Gasteiger partial charge in [-0.05, 0) is 51.1 Å². The molecule has 0 aliphatic carbocycles. The maximum atomic E-state index is 13.3. The Morgan fingerprint density at radius 2 is 1.77 bits per heavy atom. The number of rotatable bonds is 4. The third kappa shape index (κ3) is 5.88. The molecule has 178 valence electrons. The molecule has 2 aromatic heterocycles. The summed E-state index contributed by atoms with van der Waals surface area (Å²) in [5, 5.41) is 9.14. The van der Waals surface area contributed by atoms with Crippen LogP contribution in [-0.2, 0) is 6.54 Å². The van der Waals surface area contributed by atoms with Crippen LogP contribution >= 0.6 is 34.8 Å². The van der Waals surface area contributed by atoms with E-state index in [2.05, 4.69) is 22.1 Å². The molecule has 0 fully saturated rings. The largest absolute Gasteiger partial charge is 0.346 e. The molecule has 1 N–H and O–H groups in total. The zero-order valence-corrected chi connectivity index (χ0v) is 21.6. The van der Waals surface area contributed by atoms with Crippen LogP contribution in [0.5, 0.6) is 0 Å². The van der Waals surface area contributed by atoms with Gasteiger partial charge in [0.2, 0.25) is 0 Å². The topological polar surface area (TPSA) is 64.7 Å². The van der Waals surface area contributed by atoms with E-state index in [0.717, 1.165) is 5.56 Å². The fraction of sp³-hybridized carbons (Fsp3) is 0.192. The molecule has 0 unspecified atom stereocenters. The lowest BCUT2D eigenvalue weighted by Gasteiger charge is -2.19. The van der Waals surface area contributed by atoms with E-state index in [1.807, 2.05) is 43.7 Å². The monoisotopic (exact) mass is 525 g/mol. The van der Waals surface area contributed by atoms with Crippen molar-refractivity contribution in [2.45, 2.75) is 32.9 Å². The molecule has 1 amide bonds. The number of imidazole rings is 1. The predicted molar refractivity (Wildman–Crippen MR) is 140 cm³/mol. The summed E-state index contributed by atoms with van der Waals surface area (Å²) in [5.74, 6) is 5.96. The molecular weight excluding hydrogens is 505 g/mol. The maximum Gasteiger partial charge on any atom is 0.273 e. The van der Waals surface area contributed by atoms with Crippen LogP contribution in [0.1, 0.15) is 36.8 Å². The summed E-state index contributed by atoms with van der Waals surface area (Å²) in [6, 6.07) is 12.4. The summed E-state index contributed by atoms with van der Waals surface area (Å²) >= 11 is 18.8. The predicted octanol–water partition coefficient (Wildman–Crippen LogP) is 6.28. The lowest BCUT2D eigenvalue weighted by atomic mass is 10.0. The normalized spacial score (nSPS) is 11.1. The fourth-order valence-electron chi connectivity index (χ4n) is 3.40. The standard InChI is InChI=1S/C26H22Cl3N5O/c1-26(2,3)31-25(35)23-20(5-4-13-33-14-12-30-16-33)24(17-6-8-18(27)9-7-17)34(32-23)22-11-10-19(28)15-21(22)29/h6-12,14-16H,13H2,1-3H3,(H,31,35). The van der Waals surface area contributed by atoms with Gasteiger partial charge >= 0.3 is 0 Å². The molecule has 4 aromatic rings. The van der Waals surface area contributed by atoms with Gasteiger partial charge in [0.1, 0.15) is 0 Å². The van der Waals surface area contributed by atoms with Crippen LogP contribution in [0.25, 0.3) is 16.9 Å². The highest BCUT2D eigenvalue weighted by Crippen LogP contribution is 2.33. The van der Waals surface area contributed by atoms with Crippen molar-refractivity contribution >= 4 is 40.7 Å². The highest BCUT2D eigenvalue weighted by atomic mass is 35.5. The summed E-state index contributed by atoms with van der Waals surface area (Å²) in [6.07, 6.45) is 5.18. The van der Waals surface area contributed by atoms with Gasteiger partial charge in [0.05, 0.1) is 34.8 Å². The summed E-state index contributed by atoms with van der Waals surface area (Å²) in [6.45, 7) is 6.11. The Kier molecular flexibility index (Phi) is 7.23. The number of amides is 1. The Labute approximate surface area is 218 Å². The maximum absolute atomic E-state index is 13.3. The van der Waals surface area contributed by atoms with Crippen molar-refractivity contribution in [2.24, 2.45) is 0 Å². The summed E-state index contributed by atoms with van der Waals surface area (Å²) in [4.78, 5) is 17.4. The molecule has 4 rings (SSSR count). The van der Waals surface area contributed by atoms with Gasteiger partial charge in [0, 0.05) is 33.5 Å². The molecule has 0 atom stereocenters. The Morgan fingerprint density at radius 3 is 2.40 bits per heavy atom. The van der Waals surface area contributed by atoms with Crippen LogP contribution in [0.4, 0.5) is 0 Å². The van der Waals surface area contributed by atoms with Gasteiger partial charge in [0.25, 0.3) is 5.91 Å². The molecule has 2 aromatic carbocycles. The molecular formula is C26H22Cl3N5O. The zero-order chi connectivity index (χ0) is 25.2. The number of carbonyl (C=O) groups is 1. The SMILES string of the molecule is CC(C)(C)NC(=O)c1nn(-c2ccc(Cl)cc2Cl)c(-c2ccc(Cl)cc2)c1C#CCn1ccnc1. The molecule has 35 heavy (non-hydrogen) atoms. The summed E-state index contributed by atoms with van der Waals surface area (Å²) in [7, 11) is 0. The molecule has 0 spiro atoms.